The normalized spacial score (nSPS) is 11.4. The van der Waals surface area contributed by atoms with Crippen molar-refractivity contribution >= 4 is 17.4 Å². The topological polar surface area (TPSA) is 38.3 Å². The number of carbonyl (C=O) groups excluding carboxylic acids is 1. The van der Waals surface area contributed by atoms with E-state index < -0.39 is 23.3 Å². The van der Waals surface area contributed by atoms with Crippen LogP contribution in [-0.2, 0) is 6.18 Å². The van der Waals surface area contributed by atoms with E-state index in [0.29, 0.717) is 0 Å². The molecule has 0 saturated carbocycles. The molecule has 0 unspecified atom stereocenters. The summed E-state index contributed by atoms with van der Waals surface area (Å²) in [7, 11) is 2.59. The lowest BCUT2D eigenvalue weighted by atomic mass is 10.0. The second-order valence-electron chi connectivity index (χ2n) is 3.49. The number of methoxy groups -OCH3 is 1. The molecule has 0 aliphatic carbocycles. The van der Waals surface area contributed by atoms with Crippen molar-refractivity contribution in [2.45, 2.75) is 6.18 Å². The molecule has 1 rings (SSSR count). The molecule has 100 valence electrons. The van der Waals surface area contributed by atoms with Crippen molar-refractivity contribution in [3.05, 3.63) is 28.3 Å². The molecule has 0 atom stereocenters. The number of benzene rings is 1. The fourth-order valence-electron chi connectivity index (χ4n) is 1.49. The number of carbonyl (C=O) groups is 1. The molecule has 0 aromatic heterocycles. The van der Waals surface area contributed by atoms with Crippen LogP contribution in [0, 0.1) is 0 Å². The Morgan fingerprint density at radius 1 is 1.44 bits per heavy atom. The highest BCUT2D eigenvalue weighted by Gasteiger charge is 2.36. The van der Waals surface area contributed by atoms with E-state index in [1.807, 2.05) is 0 Å². The van der Waals surface area contributed by atoms with Crippen molar-refractivity contribution in [1.82, 2.24) is 5.32 Å². The van der Waals surface area contributed by atoms with E-state index >= 15 is 0 Å². The maximum Gasteiger partial charge on any atom is 0.420 e. The summed E-state index contributed by atoms with van der Waals surface area (Å²) >= 11 is 5.60. The van der Waals surface area contributed by atoms with E-state index in [4.69, 9.17) is 16.3 Å². The van der Waals surface area contributed by atoms with Gasteiger partial charge in [-0.25, -0.2) is 0 Å². The molecule has 0 saturated heterocycles. The fraction of sp³-hybridized carbons (Fsp3) is 0.364. The second-order valence-corrected chi connectivity index (χ2v) is 3.92. The Bertz CT molecular complexity index is 460. The van der Waals surface area contributed by atoms with E-state index in [9.17, 15) is 18.0 Å². The highest BCUT2D eigenvalue weighted by atomic mass is 35.5. The molecule has 7 heteroatoms. The van der Waals surface area contributed by atoms with Crippen LogP contribution in [0.3, 0.4) is 0 Å². The molecule has 1 N–H and O–H groups in total. The Morgan fingerprint density at radius 3 is 2.50 bits per heavy atom. The minimum atomic E-state index is -4.63. The van der Waals surface area contributed by atoms with Gasteiger partial charge in [-0.05, 0) is 19.2 Å². The lowest BCUT2D eigenvalue weighted by molar-refractivity contribution is -0.138. The van der Waals surface area contributed by atoms with Crippen molar-refractivity contribution in [3.63, 3.8) is 0 Å². The number of alkyl halides is 3. The number of ether oxygens (including phenoxy) is 1. The number of hydrogen-bond acceptors (Lipinski definition) is 3. The van der Waals surface area contributed by atoms with Crippen LogP contribution < -0.4 is 10.1 Å². The molecule has 0 fully saturated rings. The Morgan fingerprint density at radius 2 is 2.06 bits per heavy atom. The van der Waals surface area contributed by atoms with Gasteiger partial charge in [0.05, 0.1) is 24.8 Å². The number of hydrogen-bond donors (Lipinski definition) is 1. The quantitative estimate of drug-likeness (QED) is 0.863. The van der Waals surface area contributed by atoms with Gasteiger partial charge in [-0.15, -0.1) is 0 Å². The molecule has 0 amide bonds. The first-order valence-electron chi connectivity index (χ1n) is 4.93. The summed E-state index contributed by atoms with van der Waals surface area (Å²) in [5.74, 6) is -1.03. The molecule has 3 nitrogen and oxygen atoms in total. The van der Waals surface area contributed by atoms with E-state index in [0.717, 1.165) is 19.2 Å². The fourth-order valence-corrected chi connectivity index (χ4v) is 1.71. The Balaban J connectivity index is 3.43. The molecular formula is C11H11ClF3NO2. The third kappa shape index (κ3) is 3.14. The number of likely N-dealkylation sites (N-methyl/N-ethyl adjacent to an activating group) is 1. The third-order valence-corrected chi connectivity index (χ3v) is 2.42. The van der Waals surface area contributed by atoms with Crippen molar-refractivity contribution < 1.29 is 22.7 Å². The molecular weight excluding hydrogens is 271 g/mol. The molecule has 0 radical (unpaired) electrons. The Kier molecular flexibility index (Phi) is 4.59. The van der Waals surface area contributed by atoms with Crippen LogP contribution in [0.1, 0.15) is 15.9 Å². The SMILES string of the molecule is CNCC(=O)c1cc(Cl)cc(C(F)(F)F)c1OC. The first-order chi connectivity index (χ1) is 8.31. The standard InChI is InChI=1S/C11H11ClF3NO2/c1-16-5-9(17)7-3-6(12)4-8(10(7)18-2)11(13,14)15/h3-4,16H,5H2,1-2H3. The van der Waals surface area contributed by atoms with E-state index in [2.05, 4.69) is 5.32 Å². The predicted octanol–water partition coefficient (Wildman–Crippen LogP) is 2.77. The average Bonchev–Trinajstić information content (AvgIpc) is 2.27. The number of Topliss-reactive ketones (excluding diaryl/α,β-unsaturated/α-hetero) is 1. The predicted molar refractivity (Wildman–Crippen MR) is 61.3 cm³/mol. The van der Waals surface area contributed by atoms with E-state index in [1.54, 1.807) is 0 Å². The largest absolute Gasteiger partial charge is 0.495 e. The van der Waals surface area contributed by atoms with Crippen LogP contribution >= 0.6 is 11.6 Å². The minimum absolute atomic E-state index is 0.103. The molecule has 1 aromatic rings. The molecule has 0 aliphatic heterocycles. The van der Waals surface area contributed by atoms with Gasteiger partial charge in [-0.1, -0.05) is 11.6 Å². The average molecular weight is 282 g/mol. The lowest BCUT2D eigenvalue weighted by Gasteiger charge is -2.15. The van der Waals surface area contributed by atoms with Crippen molar-refractivity contribution in [2.24, 2.45) is 0 Å². The zero-order valence-corrected chi connectivity index (χ0v) is 10.4. The van der Waals surface area contributed by atoms with Gasteiger partial charge >= 0.3 is 6.18 Å². The van der Waals surface area contributed by atoms with Crippen LogP contribution in [-0.4, -0.2) is 26.5 Å². The smallest absolute Gasteiger partial charge is 0.420 e. The van der Waals surface area contributed by atoms with Gasteiger partial charge in [0.15, 0.2) is 5.78 Å². The summed E-state index contributed by atoms with van der Waals surface area (Å²) < 4.78 is 43.0. The van der Waals surface area contributed by atoms with Crippen LogP contribution in [0.4, 0.5) is 13.2 Å². The molecule has 0 heterocycles. The van der Waals surface area contributed by atoms with Crippen LogP contribution in [0.5, 0.6) is 5.75 Å². The number of rotatable bonds is 4. The zero-order valence-electron chi connectivity index (χ0n) is 9.69. The Hall–Kier alpha value is -1.27. The maximum absolute atomic E-state index is 12.8. The maximum atomic E-state index is 12.8. The second kappa shape index (κ2) is 5.58. The summed E-state index contributed by atoms with van der Waals surface area (Å²) in [6.45, 7) is -0.103. The van der Waals surface area contributed by atoms with Gasteiger partial charge in [-0.2, -0.15) is 13.2 Å². The monoisotopic (exact) mass is 281 g/mol. The van der Waals surface area contributed by atoms with Crippen LogP contribution in [0.2, 0.25) is 5.02 Å². The summed E-state index contributed by atoms with van der Waals surface area (Å²) in [6.07, 6.45) is -4.63. The van der Waals surface area contributed by atoms with Crippen LogP contribution in [0.25, 0.3) is 0 Å². The van der Waals surface area contributed by atoms with Gasteiger partial charge < -0.3 is 10.1 Å². The number of nitrogens with one attached hydrogen (secondary N) is 1. The number of halogens is 4. The summed E-state index contributed by atoms with van der Waals surface area (Å²) in [5, 5.41) is 2.40. The zero-order chi connectivity index (χ0) is 13.9. The van der Waals surface area contributed by atoms with Gasteiger partial charge in [-0.3, -0.25) is 4.79 Å². The van der Waals surface area contributed by atoms with Gasteiger partial charge in [0.1, 0.15) is 5.75 Å². The van der Waals surface area contributed by atoms with E-state index in [1.165, 1.54) is 7.05 Å². The number of ketones is 1. The molecule has 0 bridgehead atoms. The highest BCUT2D eigenvalue weighted by molar-refractivity contribution is 6.31. The van der Waals surface area contributed by atoms with Crippen LogP contribution in [0.15, 0.2) is 12.1 Å². The van der Waals surface area contributed by atoms with Gasteiger partial charge in [0.2, 0.25) is 0 Å². The molecule has 18 heavy (non-hydrogen) atoms. The lowest BCUT2D eigenvalue weighted by Crippen LogP contribution is -2.20. The van der Waals surface area contributed by atoms with Crippen molar-refractivity contribution in [1.29, 1.82) is 0 Å². The molecule has 0 aliphatic rings. The minimum Gasteiger partial charge on any atom is -0.495 e. The summed E-state index contributed by atoms with van der Waals surface area (Å²) in [5.41, 5.74) is -1.25. The van der Waals surface area contributed by atoms with Gasteiger partial charge in [0, 0.05) is 5.02 Å². The van der Waals surface area contributed by atoms with E-state index in [-0.39, 0.29) is 17.1 Å². The first-order valence-corrected chi connectivity index (χ1v) is 5.31. The summed E-state index contributed by atoms with van der Waals surface area (Å²) in [6, 6.07) is 1.89. The molecule has 0 spiro atoms. The Labute approximate surface area is 107 Å². The van der Waals surface area contributed by atoms with Crippen molar-refractivity contribution in [3.8, 4) is 5.75 Å². The first kappa shape index (κ1) is 14.8. The summed E-state index contributed by atoms with van der Waals surface area (Å²) in [4.78, 5) is 11.7. The molecule has 1 aromatic carbocycles. The third-order valence-electron chi connectivity index (χ3n) is 2.20. The highest BCUT2D eigenvalue weighted by Crippen LogP contribution is 2.40. The van der Waals surface area contributed by atoms with Crippen molar-refractivity contribution in [2.75, 3.05) is 20.7 Å². The van der Waals surface area contributed by atoms with Gasteiger partial charge in [0.25, 0.3) is 0 Å².